The van der Waals surface area contributed by atoms with Gasteiger partial charge in [-0.15, -0.1) is 0 Å². The summed E-state index contributed by atoms with van der Waals surface area (Å²) in [5, 5.41) is 11.2. The largest absolute Gasteiger partial charge is 0.497 e. The predicted molar refractivity (Wildman–Crippen MR) is 104 cm³/mol. The van der Waals surface area contributed by atoms with Crippen molar-refractivity contribution >= 4 is 11.7 Å². The number of rotatable bonds is 4. The Hall–Kier alpha value is -4.14. The molecule has 0 bridgehead atoms. The molecule has 0 saturated carbocycles. The highest BCUT2D eigenvalue weighted by Gasteiger charge is 2.33. The number of nitro groups is 1. The molecule has 0 fully saturated rings. The van der Waals surface area contributed by atoms with Crippen LogP contribution in [0.3, 0.4) is 0 Å². The zero-order valence-corrected chi connectivity index (χ0v) is 15.9. The molecule has 0 amide bonds. The molecule has 1 unspecified atom stereocenters. The second-order valence-electron chi connectivity index (χ2n) is 6.46. The van der Waals surface area contributed by atoms with E-state index in [9.17, 15) is 19.7 Å². The smallest absolute Gasteiger partial charge is 0.344 e. The van der Waals surface area contributed by atoms with Gasteiger partial charge in [0.1, 0.15) is 11.5 Å². The molecule has 30 heavy (non-hydrogen) atoms. The topological polar surface area (TPSA) is 118 Å². The van der Waals surface area contributed by atoms with Crippen LogP contribution in [-0.2, 0) is 9.53 Å². The van der Waals surface area contributed by atoms with Crippen molar-refractivity contribution < 1.29 is 28.3 Å². The van der Waals surface area contributed by atoms with E-state index >= 15 is 0 Å². The van der Waals surface area contributed by atoms with E-state index in [1.165, 1.54) is 38.3 Å². The Morgan fingerprint density at radius 3 is 2.47 bits per heavy atom. The van der Waals surface area contributed by atoms with Crippen LogP contribution in [0.1, 0.15) is 18.8 Å². The van der Waals surface area contributed by atoms with Crippen LogP contribution in [0.15, 0.2) is 57.7 Å². The van der Waals surface area contributed by atoms with Crippen LogP contribution < -0.4 is 15.1 Å². The molecule has 0 saturated heterocycles. The molecule has 4 rings (SSSR count). The van der Waals surface area contributed by atoms with Crippen molar-refractivity contribution in [3.8, 4) is 33.9 Å². The number of hydrogen-bond donors (Lipinski definition) is 0. The van der Waals surface area contributed by atoms with Crippen molar-refractivity contribution in [3.05, 3.63) is 74.6 Å². The molecule has 2 aromatic carbocycles. The normalized spacial score (nSPS) is 14.1. The van der Waals surface area contributed by atoms with Gasteiger partial charge >= 0.3 is 11.6 Å². The molecule has 0 spiro atoms. The van der Waals surface area contributed by atoms with Gasteiger partial charge in [0.05, 0.1) is 28.7 Å². The lowest BCUT2D eigenvalue weighted by molar-refractivity contribution is -0.384. The van der Waals surface area contributed by atoms with Gasteiger partial charge in [0.2, 0.25) is 0 Å². The summed E-state index contributed by atoms with van der Waals surface area (Å²) < 4.78 is 21.6. The lowest BCUT2D eigenvalue weighted by Gasteiger charge is -2.26. The fraction of sp³-hybridized carbons (Fsp3) is 0.143. The minimum Gasteiger partial charge on any atom is -0.497 e. The van der Waals surface area contributed by atoms with Gasteiger partial charge in [-0.2, -0.15) is 0 Å². The summed E-state index contributed by atoms with van der Waals surface area (Å²) in [4.78, 5) is 34.9. The number of ether oxygens (including phenoxy) is 3. The van der Waals surface area contributed by atoms with E-state index in [0.717, 1.165) is 0 Å². The maximum Gasteiger partial charge on any atom is 0.344 e. The Balaban J connectivity index is 1.91. The summed E-state index contributed by atoms with van der Waals surface area (Å²) in [6, 6.07) is 12.1. The summed E-state index contributed by atoms with van der Waals surface area (Å²) in [6.07, 6.45) is -1.17. The first-order chi connectivity index (χ1) is 14.4. The maximum absolute atomic E-state index is 12.7. The SMILES string of the molecule is COc1ccc(-c2cc3c(oc2=O)-c2cc([N+](=O)[O-])ccc2OC3OC(C)=O)cc1. The summed E-state index contributed by atoms with van der Waals surface area (Å²) in [6.45, 7) is 1.22. The summed E-state index contributed by atoms with van der Waals surface area (Å²) >= 11 is 0. The van der Waals surface area contributed by atoms with Crippen LogP contribution in [0.5, 0.6) is 11.5 Å². The van der Waals surface area contributed by atoms with Gasteiger partial charge in [0, 0.05) is 19.1 Å². The second kappa shape index (κ2) is 7.36. The van der Waals surface area contributed by atoms with E-state index in [1.54, 1.807) is 24.3 Å². The van der Waals surface area contributed by atoms with Gasteiger partial charge < -0.3 is 18.6 Å². The molecule has 1 aliphatic rings. The van der Waals surface area contributed by atoms with E-state index in [4.69, 9.17) is 18.6 Å². The first-order valence-electron chi connectivity index (χ1n) is 8.82. The van der Waals surface area contributed by atoms with E-state index in [-0.39, 0.29) is 33.9 Å². The van der Waals surface area contributed by atoms with Crippen LogP contribution in [0, 0.1) is 10.1 Å². The third-order valence-corrected chi connectivity index (χ3v) is 4.56. The molecular weight excluding hydrogens is 394 g/mol. The quantitative estimate of drug-likeness (QED) is 0.362. The summed E-state index contributed by atoms with van der Waals surface area (Å²) in [5.41, 5.74) is 0.408. The van der Waals surface area contributed by atoms with Crippen LogP contribution in [-0.4, -0.2) is 18.0 Å². The molecule has 1 aliphatic heterocycles. The highest BCUT2D eigenvalue weighted by Crippen LogP contribution is 2.44. The summed E-state index contributed by atoms with van der Waals surface area (Å²) in [5.74, 6) is 0.255. The second-order valence-corrected chi connectivity index (χ2v) is 6.46. The number of esters is 1. The fourth-order valence-corrected chi connectivity index (χ4v) is 3.17. The molecule has 0 aliphatic carbocycles. The van der Waals surface area contributed by atoms with Crippen molar-refractivity contribution in [2.75, 3.05) is 7.11 Å². The third-order valence-electron chi connectivity index (χ3n) is 4.56. The van der Waals surface area contributed by atoms with Crippen molar-refractivity contribution in [1.82, 2.24) is 0 Å². The Labute approximate surface area is 169 Å². The molecule has 9 heteroatoms. The predicted octanol–water partition coefficient (Wildman–Crippen LogP) is 3.84. The first kappa shape index (κ1) is 19.2. The van der Waals surface area contributed by atoms with Gasteiger partial charge in [-0.3, -0.25) is 14.9 Å². The highest BCUT2D eigenvalue weighted by atomic mass is 16.7. The van der Waals surface area contributed by atoms with Crippen LogP contribution in [0.2, 0.25) is 0 Å². The van der Waals surface area contributed by atoms with E-state index in [2.05, 4.69) is 0 Å². The Morgan fingerprint density at radius 2 is 1.83 bits per heavy atom. The number of carbonyl (C=O) groups is 1. The van der Waals surface area contributed by atoms with Gasteiger partial charge in [-0.05, 0) is 29.8 Å². The minimum absolute atomic E-state index is 0.0495. The first-order valence-corrected chi connectivity index (χ1v) is 8.82. The number of non-ortho nitro benzene ring substituents is 1. The number of hydrogen-bond acceptors (Lipinski definition) is 8. The van der Waals surface area contributed by atoms with Crippen LogP contribution in [0.25, 0.3) is 22.5 Å². The number of fused-ring (bicyclic) bond motifs is 3. The molecule has 0 N–H and O–H groups in total. The number of benzene rings is 2. The van der Waals surface area contributed by atoms with E-state index < -0.39 is 22.8 Å². The minimum atomic E-state index is -1.17. The molecular formula is C21H15NO8. The number of nitro benzene ring substituents is 1. The summed E-state index contributed by atoms with van der Waals surface area (Å²) in [7, 11) is 1.53. The van der Waals surface area contributed by atoms with Gasteiger partial charge in [-0.1, -0.05) is 12.1 Å². The number of methoxy groups -OCH3 is 1. The van der Waals surface area contributed by atoms with Gasteiger partial charge in [-0.25, -0.2) is 4.79 Å². The van der Waals surface area contributed by atoms with Crippen molar-refractivity contribution in [2.45, 2.75) is 13.2 Å². The Kier molecular flexibility index (Phi) is 4.71. The number of carbonyl (C=O) groups excluding carboxylic acids is 1. The molecule has 1 aromatic heterocycles. The molecule has 9 nitrogen and oxygen atoms in total. The van der Waals surface area contributed by atoms with Crippen LogP contribution in [0.4, 0.5) is 5.69 Å². The van der Waals surface area contributed by atoms with Crippen LogP contribution >= 0.6 is 0 Å². The maximum atomic E-state index is 12.7. The number of nitrogens with zero attached hydrogens (tertiary/aromatic N) is 1. The lowest BCUT2D eigenvalue weighted by Crippen LogP contribution is -2.21. The average Bonchev–Trinajstić information content (AvgIpc) is 2.73. The molecule has 0 radical (unpaired) electrons. The van der Waals surface area contributed by atoms with Crippen molar-refractivity contribution in [1.29, 1.82) is 0 Å². The van der Waals surface area contributed by atoms with E-state index in [1.807, 2.05) is 0 Å². The average molecular weight is 409 g/mol. The molecule has 3 aromatic rings. The Bertz CT molecular complexity index is 1210. The molecule has 2 heterocycles. The molecule has 152 valence electrons. The standard InChI is InChI=1S/C21H15NO8/c1-11(23)28-21-17-10-15(12-3-6-14(27-2)7-4-12)20(24)30-19(17)16-9-13(22(25)26)5-8-18(16)29-21/h3-10,21H,1-2H3. The monoisotopic (exact) mass is 409 g/mol. The lowest BCUT2D eigenvalue weighted by atomic mass is 9.99. The third kappa shape index (κ3) is 3.37. The zero-order chi connectivity index (χ0) is 21.4. The van der Waals surface area contributed by atoms with Gasteiger partial charge in [0.25, 0.3) is 12.0 Å². The van der Waals surface area contributed by atoms with Gasteiger partial charge in [0.15, 0.2) is 5.76 Å². The Morgan fingerprint density at radius 1 is 1.10 bits per heavy atom. The zero-order valence-electron chi connectivity index (χ0n) is 15.9. The van der Waals surface area contributed by atoms with Crippen molar-refractivity contribution in [2.24, 2.45) is 0 Å². The molecule has 1 atom stereocenters. The highest BCUT2D eigenvalue weighted by molar-refractivity contribution is 5.76. The van der Waals surface area contributed by atoms with Crippen molar-refractivity contribution in [3.63, 3.8) is 0 Å². The van der Waals surface area contributed by atoms with E-state index in [0.29, 0.717) is 11.3 Å². The fourth-order valence-electron chi connectivity index (χ4n) is 3.17.